The molecule has 0 saturated heterocycles. The number of rotatable bonds is 3. The average Bonchev–Trinajstić information content (AvgIpc) is 2.18. The molecule has 0 amide bonds. The Bertz CT molecular complexity index is 515. The minimum absolute atomic E-state index is 0.0238. The number of carbonyl (C=O) groups is 1. The molecule has 0 bridgehead atoms. The molecule has 1 aromatic rings. The molecule has 0 fully saturated rings. The summed E-state index contributed by atoms with van der Waals surface area (Å²) < 4.78 is 40.7. The molecule has 0 unspecified atom stereocenters. The van der Waals surface area contributed by atoms with Crippen molar-refractivity contribution in [1.82, 2.24) is 0 Å². The van der Waals surface area contributed by atoms with Gasteiger partial charge < -0.3 is 4.74 Å². The number of carbonyl (C=O) groups excluding carboxylic acids is 1. The maximum Gasteiger partial charge on any atom is 0.340 e. The number of nitrogens with one attached hydrogen (secondary N) is 1. The molecule has 0 aliphatic carbocycles. The summed E-state index contributed by atoms with van der Waals surface area (Å²) in [6.07, 6.45) is 0. The zero-order chi connectivity index (χ0) is 12.3. The third kappa shape index (κ3) is 3.17. The second kappa shape index (κ2) is 4.45. The van der Waals surface area contributed by atoms with Gasteiger partial charge in [0, 0.05) is 0 Å². The van der Waals surface area contributed by atoms with E-state index in [0.29, 0.717) is 0 Å². The van der Waals surface area contributed by atoms with Crippen molar-refractivity contribution in [2.75, 3.05) is 11.8 Å². The van der Waals surface area contributed by atoms with Crippen LogP contribution in [0.15, 0.2) is 18.2 Å². The van der Waals surface area contributed by atoms with Crippen LogP contribution in [0.1, 0.15) is 10.4 Å². The van der Waals surface area contributed by atoms with Crippen molar-refractivity contribution >= 4 is 21.9 Å². The number of ether oxygens (including phenoxy) is 1. The molecule has 0 aromatic heterocycles. The van der Waals surface area contributed by atoms with E-state index >= 15 is 0 Å². The molecule has 0 aliphatic heterocycles. The number of methoxy groups -OCH3 is 1. The van der Waals surface area contributed by atoms with E-state index in [1.165, 1.54) is 0 Å². The van der Waals surface area contributed by atoms with Crippen LogP contribution in [0.4, 0.5) is 10.1 Å². The molecule has 1 rings (SSSR count). The highest BCUT2D eigenvalue weighted by atomic mass is 32.2. The van der Waals surface area contributed by atoms with Gasteiger partial charge in [0.2, 0.25) is 0 Å². The van der Waals surface area contributed by atoms with Gasteiger partial charge in [-0.05, 0) is 18.2 Å². The smallest absolute Gasteiger partial charge is 0.340 e. The highest BCUT2D eigenvalue weighted by Gasteiger charge is 2.13. The molecule has 0 radical (unpaired) electrons. The minimum atomic E-state index is -3.96. The molecule has 1 aromatic carbocycles. The third-order valence-electron chi connectivity index (χ3n) is 1.63. The fourth-order valence-electron chi connectivity index (χ4n) is 1.02. The number of anilines is 1. The average molecular weight is 248 g/mol. The summed E-state index contributed by atoms with van der Waals surface area (Å²) in [6, 6.07) is 3.05. The van der Waals surface area contributed by atoms with Crippen molar-refractivity contribution in [2.24, 2.45) is 5.14 Å². The predicted octanol–water partition coefficient (Wildman–Crippen LogP) is 0.228. The summed E-state index contributed by atoms with van der Waals surface area (Å²) in [6.45, 7) is 0. The van der Waals surface area contributed by atoms with E-state index in [1.807, 2.05) is 4.72 Å². The Morgan fingerprint density at radius 3 is 2.62 bits per heavy atom. The van der Waals surface area contributed by atoms with Crippen LogP contribution in [0.25, 0.3) is 0 Å². The van der Waals surface area contributed by atoms with Crippen molar-refractivity contribution in [1.29, 1.82) is 0 Å². The second-order valence-electron chi connectivity index (χ2n) is 2.83. The Kier molecular flexibility index (Phi) is 3.45. The summed E-state index contributed by atoms with van der Waals surface area (Å²) in [4.78, 5) is 11.1. The SMILES string of the molecule is COC(=O)c1cc(NS(N)(=O)=O)ccc1F. The zero-order valence-electron chi connectivity index (χ0n) is 8.23. The molecular formula is C8H9FN2O4S. The molecule has 0 aliphatic rings. The summed E-state index contributed by atoms with van der Waals surface area (Å²) in [5, 5.41) is 4.72. The summed E-state index contributed by atoms with van der Waals surface area (Å²) in [7, 11) is -2.88. The molecule has 16 heavy (non-hydrogen) atoms. The van der Waals surface area contributed by atoms with E-state index in [1.54, 1.807) is 0 Å². The van der Waals surface area contributed by atoms with Gasteiger partial charge in [-0.15, -0.1) is 0 Å². The van der Waals surface area contributed by atoms with Gasteiger partial charge in [-0.3, -0.25) is 4.72 Å². The fraction of sp³-hybridized carbons (Fsp3) is 0.125. The van der Waals surface area contributed by atoms with Gasteiger partial charge in [0.25, 0.3) is 10.2 Å². The molecule has 0 spiro atoms. The van der Waals surface area contributed by atoms with E-state index in [4.69, 9.17) is 5.14 Å². The van der Waals surface area contributed by atoms with Gasteiger partial charge in [-0.25, -0.2) is 14.3 Å². The molecule has 8 heteroatoms. The Morgan fingerprint density at radius 1 is 1.50 bits per heavy atom. The van der Waals surface area contributed by atoms with Crippen molar-refractivity contribution < 1.29 is 22.3 Å². The van der Waals surface area contributed by atoms with E-state index < -0.39 is 22.0 Å². The van der Waals surface area contributed by atoms with E-state index in [0.717, 1.165) is 25.3 Å². The summed E-state index contributed by atoms with van der Waals surface area (Å²) in [5.74, 6) is -1.72. The van der Waals surface area contributed by atoms with Gasteiger partial charge in [0.05, 0.1) is 18.4 Å². The Hall–Kier alpha value is -1.67. The number of hydrogen-bond donors (Lipinski definition) is 2. The summed E-state index contributed by atoms with van der Waals surface area (Å²) >= 11 is 0. The number of halogens is 1. The van der Waals surface area contributed by atoms with Crippen molar-refractivity contribution in [3.63, 3.8) is 0 Å². The van der Waals surface area contributed by atoms with E-state index in [2.05, 4.69) is 4.74 Å². The van der Waals surface area contributed by atoms with Gasteiger partial charge in [-0.1, -0.05) is 0 Å². The van der Waals surface area contributed by atoms with E-state index in [-0.39, 0.29) is 11.3 Å². The van der Waals surface area contributed by atoms with Crippen molar-refractivity contribution in [3.8, 4) is 0 Å². The van der Waals surface area contributed by atoms with Crippen molar-refractivity contribution in [2.45, 2.75) is 0 Å². The molecule has 0 saturated carbocycles. The zero-order valence-corrected chi connectivity index (χ0v) is 9.05. The van der Waals surface area contributed by atoms with Crippen LogP contribution in [0.2, 0.25) is 0 Å². The molecular weight excluding hydrogens is 239 g/mol. The molecule has 88 valence electrons. The van der Waals surface area contributed by atoms with Crippen LogP contribution in [0.3, 0.4) is 0 Å². The Morgan fingerprint density at radius 2 is 2.12 bits per heavy atom. The first-order chi connectivity index (χ1) is 7.33. The number of esters is 1. The molecule has 0 atom stereocenters. The largest absolute Gasteiger partial charge is 0.465 e. The lowest BCUT2D eigenvalue weighted by atomic mass is 10.2. The molecule has 6 nitrogen and oxygen atoms in total. The van der Waals surface area contributed by atoms with Crippen LogP contribution in [-0.2, 0) is 14.9 Å². The maximum atomic E-state index is 13.1. The number of benzene rings is 1. The van der Waals surface area contributed by atoms with Crippen LogP contribution in [-0.4, -0.2) is 21.5 Å². The molecule has 3 N–H and O–H groups in total. The van der Waals surface area contributed by atoms with Crippen molar-refractivity contribution in [3.05, 3.63) is 29.6 Å². The van der Waals surface area contributed by atoms with Gasteiger partial charge >= 0.3 is 5.97 Å². The highest BCUT2D eigenvalue weighted by molar-refractivity contribution is 7.90. The topological polar surface area (TPSA) is 98.5 Å². The first kappa shape index (κ1) is 12.4. The van der Waals surface area contributed by atoms with Crippen LogP contribution < -0.4 is 9.86 Å². The first-order valence-corrected chi connectivity index (χ1v) is 5.56. The lowest BCUT2D eigenvalue weighted by Crippen LogP contribution is -2.22. The number of hydrogen-bond acceptors (Lipinski definition) is 4. The van der Waals surface area contributed by atoms with Gasteiger partial charge in [-0.2, -0.15) is 8.42 Å². The number of nitrogens with two attached hydrogens (primary N) is 1. The van der Waals surface area contributed by atoms with Crippen LogP contribution >= 0.6 is 0 Å². The monoisotopic (exact) mass is 248 g/mol. The van der Waals surface area contributed by atoms with Crippen LogP contribution in [0.5, 0.6) is 0 Å². The molecule has 0 heterocycles. The maximum absolute atomic E-state index is 13.1. The van der Waals surface area contributed by atoms with Gasteiger partial charge in [0.15, 0.2) is 0 Å². The third-order valence-corrected chi connectivity index (χ3v) is 2.15. The summed E-state index contributed by atoms with van der Waals surface area (Å²) in [5.41, 5.74) is -0.402. The van der Waals surface area contributed by atoms with Crippen LogP contribution in [0, 0.1) is 5.82 Å². The lowest BCUT2D eigenvalue weighted by molar-refractivity contribution is 0.0595. The highest BCUT2D eigenvalue weighted by Crippen LogP contribution is 2.16. The minimum Gasteiger partial charge on any atom is -0.465 e. The first-order valence-electron chi connectivity index (χ1n) is 4.02. The van der Waals surface area contributed by atoms with E-state index in [9.17, 15) is 17.6 Å². The lowest BCUT2D eigenvalue weighted by Gasteiger charge is -2.06. The quantitative estimate of drug-likeness (QED) is 0.748. The Balaban J connectivity index is 3.12. The van der Waals surface area contributed by atoms with Gasteiger partial charge in [0.1, 0.15) is 5.82 Å². The second-order valence-corrected chi connectivity index (χ2v) is 4.13. The standard InChI is InChI=1S/C8H9FN2O4S/c1-15-8(12)6-4-5(2-3-7(6)9)11-16(10,13)14/h2-4,11H,1H3,(H2,10,13,14). The Labute approximate surface area is 91.4 Å². The fourth-order valence-corrected chi connectivity index (χ4v) is 1.47. The normalized spacial score (nSPS) is 10.9. The predicted molar refractivity (Wildman–Crippen MR) is 54.5 cm³/mol.